The lowest BCUT2D eigenvalue weighted by molar-refractivity contribution is -0.635. The normalized spacial score (nSPS) is 34.4. The summed E-state index contributed by atoms with van der Waals surface area (Å²) in [5.41, 5.74) is 2.66. The Hall–Kier alpha value is -8.99. The smallest absolute Gasteiger partial charge is 0.408 e. The summed E-state index contributed by atoms with van der Waals surface area (Å²) in [6, 6.07) is 12.8. The predicted molar refractivity (Wildman–Crippen MR) is 286 cm³/mol. The zero-order valence-corrected chi connectivity index (χ0v) is 45.7. The van der Waals surface area contributed by atoms with Gasteiger partial charge >= 0.3 is 11.5 Å². The summed E-state index contributed by atoms with van der Waals surface area (Å²) in [5, 5.41) is 22.5. The van der Waals surface area contributed by atoms with Crippen LogP contribution in [0.2, 0.25) is 0 Å². The zero-order valence-electron chi connectivity index (χ0n) is 44.9. The molecular formula is C56H47F2N15O11S. The van der Waals surface area contributed by atoms with Crippen molar-refractivity contribution in [3.63, 3.8) is 0 Å². The van der Waals surface area contributed by atoms with Crippen LogP contribution in [-0.2, 0) is 42.0 Å². The second kappa shape index (κ2) is 15.5. The topological polar surface area (TPSA) is 335 Å². The highest BCUT2D eigenvalue weighted by Gasteiger charge is 3.11. The minimum atomic E-state index is -3.27. The molecule has 0 spiro atoms. The number of sulfonamides is 1. The minimum absolute atomic E-state index is 0.0118. The third kappa shape index (κ3) is 5.48. The average Bonchev–Trinajstić information content (AvgIpc) is 0.944. The fourth-order valence-electron chi connectivity index (χ4n) is 20.0. The average molecular weight is 1180 g/mol. The molecule has 21 rings (SSSR count). The molecule has 7 heterocycles. The van der Waals surface area contributed by atoms with E-state index in [4.69, 9.17) is 8.83 Å². The van der Waals surface area contributed by atoms with Crippen molar-refractivity contribution in [2.45, 2.75) is 18.6 Å². The van der Waals surface area contributed by atoms with Gasteiger partial charge in [0.2, 0.25) is 15.9 Å². The van der Waals surface area contributed by atoms with E-state index in [1.165, 1.54) is 27.5 Å². The van der Waals surface area contributed by atoms with Crippen LogP contribution in [0.1, 0.15) is 53.1 Å². The van der Waals surface area contributed by atoms with E-state index in [0.29, 0.717) is 117 Å². The lowest BCUT2D eigenvalue weighted by atomic mass is 8.92. The third-order valence-electron chi connectivity index (χ3n) is 22.6. The number of aryl methyl sites for hydroxylation is 2. The Morgan fingerprint density at radius 3 is 1.47 bits per heavy atom. The summed E-state index contributed by atoms with van der Waals surface area (Å²) in [6.45, 7) is 1.38. The number of aromatic nitrogens is 8. The summed E-state index contributed by atoms with van der Waals surface area (Å²) in [7, 11) is -0.102. The Labute approximate surface area is 475 Å². The lowest BCUT2D eigenvalue weighted by Crippen LogP contribution is -3.15. The van der Waals surface area contributed by atoms with E-state index < -0.39 is 56.8 Å². The maximum Gasteiger partial charge on any atom is 0.419 e. The number of carbonyl (C=O) groups excluding carboxylic acids is 5. The quantitative estimate of drug-likeness (QED) is 0.0802. The predicted octanol–water partition coefficient (Wildman–Crippen LogP) is 0.252. The number of oxazole rings is 2. The number of carbonyl (C=O) groups is 5. The maximum absolute atomic E-state index is 14.6. The molecule has 26 nitrogen and oxygen atoms in total. The SMILES string of the molecule is Cn1c(=O)oc2ccc(CNC(=O)c3cc(C(=O)NCC45C6C7C4C4C5C6C74C4=NCC(=O)N4)n4ncc(F)c4n3)cc21.Cn1c(=O)oc2ccc(CNC(=O)c3cc(C(=O)NCC45C6C7C4C4C5C6C74NS(C)(=O)=O)n4ncc(F)c4n3)cc21. The van der Waals surface area contributed by atoms with Crippen LogP contribution in [0.5, 0.6) is 0 Å². The fraction of sp³-hybridized carbons (Fsp3) is 0.429. The number of hydrogen-bond donors (Lipinski definition) is 6. The molecule has 2 aromatic carbocycles. The third-order valence-corrected chi connectivity index (χ3v) is 23.3. The Morgan fingerprint density at radius 1 is 0.624 bits per heavy atom. The Bertz CT molecular complexity index is 4730. The van der Waals surface area contributed by atoms with Gasteiger partial charge in [0.1, 0.15) is 35.2 Å². The number of nitrogens with zero attached hydrogens (tertiary/aromatic N) is 9. The van der Waals surface area contributed by atoms with Crippen LogP contribution >= 0.6 is 0 Å². The van der Waals surface area contributed by atoms with Crippen molar-refractivity contribution >= 4 is 78.9 Å². The molecule has 0 bridgehead atoms. The standard InChI is InChI=1S/C29H23FN8O5.C27H24FN7O6S/c1-37-13-4-10(2-3-15(13)43-27(37)42)6-31-24(40)12-5-14(38-23(35-12)11(30)7-34-38)25(41)33-9-28-17-20-18(28)22-19(28)21(17)29(20,22)26-32-8-16(39)36-26;1-34-13-5-10(3-4-15(13)41-25(34)38)7-29-23(36)12-6-14(35-22(32-12)11(28)8-31-35)24(37)30-9-26-16-19-17(26)21-18(26)20(16)27(19,21)33-42(2,39)40/h2-5,7,17-22H,6,8-9H2,1H3,(H,31,40)(H,33,41)(H,32,36,39);3-6,8,16-21,33H,7,9H2,1-2H3,(H,29,36)(H,30,37). The van der Waals surface area contributed by atoms with Crippen molar-refractivity contribution in [3.05, 3.63) is 128 Å². The summed E-state index contributed by atoms with van der Waals surface area (Å²) >= 11 is 0. The van der Waals surface area contributed by atoms with Gasteiger partial charge in [-0.15, -0.1) is 0 Å². The van der Waals surface area contributed by atoms with Crippen LogP contribution in [0.3, 0.4) is 0 Å². The van der Waals surface area contributed by atoms with Crippen molar-refractivity contribution in [3.8, 4) is 0 Å². The fourth-order valence-corrected chi connectivity index (χ4v) is 21.1. The molecule has 0 radical (unpaired) electrons. The van der Waals surface area contributed by atoms with Gasteiger partial charge in [0.15, 0.2) is 34.1 Å². The largest absolute Gasteiger partial charge is 0.419 e. The minimum Gasteiger partial charge on any atom is -0.408 e. The van der Waals surface area contributed by atoms with Gasteiger partial charge in [0, 0.05) is 63.4 Å². The molecule has 0 unspecified atom stereocenters. The number of rotatable bonds is 15. The molecule has 6 aromatic heterocycles. The summed E-state index contributed by atoms with van der Waals surface area (Å²) in [4.78, 5) is 101. The molecule has 6 N–H and O–H groups in total. The van der Waals surface area contributed by atoms with E-state index in [9.17, 15) is 50.8 Å². The van der Waals surface area contributed by atoms with Crippen LogP contribution < -0.4 is 42.8 Å². The Balaban J connectivity index is 0.000000129. The number of halogens is 2. The van der Waals surface area contributed by atoms with E-state index in [1.807, 2.05) is 0 Å². The number of amides is 5. The molecule has 12 saturated carbocycles. The number of benzene rings is 2. The van der Waals surface area contributed by atoms with Crippen molar-refractivity contribution in [1.82, 2.24) is 69.6 Å². The monoisotopic (exact) mass is 1180 g/mol. The first-order chi connectivity index (χ1) is 40.7. The highest BCUT2D eigenvalue weighted by atomic mass is 32.2. The molecule has 432 valence electrons. The van der Waals surface area contributed by atoms with Crippen LogP contribution in [0.4, 0.5) is 8.78 Å². The summed E-state index contributed by atoms with van der Waals surface area (Å²) in [5.74, 6) is 1.78. The van der Waals surface area contributed by atoms with Crippen LogP contribution in [0.25, 0.3) is 33.5 Å². The first-order valence-corrected chi connectivity index (χ1v) is 29.8. The van der Waals surface area contributed by atoms with Gasteiger partial charge in [-0.2, -0.15) is 10.2 Å². The lowest BCUT2D eigenvalue weighted by Gasteiger charge is -3.11. The second-order valence-corrected chi connectivity index (χ2v) is 26.9. The molecule has 0 atom stereocenters. The number of amidine groups is 1. The van der Waals surface area contributed by atoms with Gasteiger partial charge in [-0.25, -0.2) is 50.5 Å². The van der Waals surface area contributed by atoms with E-state index in [-0.39, 0.29) is 81.4 Å². The Morgan fingerprint density at radius 2 is 1.06 bits per heavy atom. The molecule has 85 heavy (non-hydrogen) atoms. The van der Waals surface area contributed by atoms with Crippen LogP contribution in [-0.4, -0.2) is 114 Å². The highest BCUT2D eigenvalue weighted by molar-refractivity contribution is 7.88. The summed E-state index contributed by atoms with van der Waals surface area (Å²) < 4.78 is 71.0. The number of aliphatic imine (C=N–C) groups is 1. The molecular weight excluding hydrogens is 1130 g/mol. The first-order valence-electron chi connectivity index (χ1n) is 28.0. The molecule has 12 fully saturated rings. The van der Waals surface area contributed by atoms with Gasteiger partial charge in [0.05, 0.1) is 29.7 Å². The molecule has 8 aromatic rings. The number of nitrogens with one attached hydrogen (secondary N) is 6. The molecule has 5 amide bonds. The van der Waals surface area contributed by atoms with Crippen LogP contribution in [0.15, 0.2) is 84.3 Å². The van der Waals surface area contributed by atoms with E-state index in [1.54, 1.807) is 50.5 Å². The van der Waals surface area contributed by atoms with E-state index in [0.717, 1.165) is 27.3 Å². The van der Waals surface area contributed by atoms with E-state index in [2.05, 4.69) is 56.5 Å². The van der Waals surface area contributed by atoms with E-state index >= 15 is 0 Å². The summed E-state index contributed by atoms with van der Waals surface area (Å²) in [6.07, 6.45) is 3.11. The van der Waals surface area contributed by atoms with Crippen molar-refractivity contribution in [1.29, 1.82) is 0 Å². The first kappa shape index (κ1) is 49.4. The van der Waals surface area contributed by atoms with Gasteiger partial charge < -0.3 is 35.4 Å². The van der Waals surface area contributed by atoms with Crippen LogP contribution in [0, 0.1) is 98.9 Å². The van der Waals surface area contributed by atoms with Crippen molar-refractivity contribution in [2.24, 2.45) is 106 Å². The molecule has 29 heteroatoms. The number of fused-ring (bicyclic) bond motifs is 4. The molecule has 1 aliphatic heterocycles. The highest BCUT2D eigenvalue weighted by Crippen LogP contribution is 3.10. The number of hydrogen-bond acceptors (Lipinski definition) is 16. The van der Waals surface area contributed by atoms with Crippen molar-refractivity contribution in [2.75, 3.05) is 25.9 Å². The van der Waals surface area contributed by atoms with Crippen molar-refractivity contribution < 1.29 is 50.0 Å². The van der Waals surface area contributed by atoms with Gasteiger partial charge in [-0.1, -0.05) is 12.1 Å². The van der Waals surface area contributed by atoms with Gasteiger partial charge in [0.25, 0.3) is 23.6 Å². The maximum atomic E-state index is 14.6. The second-order valence-electron chi connectivity index (χ2n) is 25.2. The molecule has 0 saturated heterocycles. The van der Waals surface area contributed by atoms with Gasteiger partial charge in [-0.3, -0.25) is 38.1 Å². The molecule has 13 aliphatic rings. The van der Waals surface area contributed by atoms with Gasteiger partial charge in [-0.05, 0) is 117 Å². The zero-order chi connectivity index (χ0) is 58.2. The molecule has 12 aliphatic carbocycles. The Kier molecular flexibility index (Phi) is 8.99.